The minimum atomic E-state index is -0.639. The van der Waals surface area contributed by atoms with E-state index in [1.165, 1.54) is 7.11 Å². The van der Waals surface area contributed by atoms with Crippen LogP contribution < -0.4 is 10.6 Å². The molecule has 1 fully saturated rings. The topological polar surface area (TPSA) is 112 Å². The number of rotatable bonds is 11. The van der Waals surface area contributed by atoms with E-state index in [-0.39, 0.29) is 44.8 Å². The number of likely N-dealkylation sites (N-methyl/N-ethyl adjacent to an activating group) is 1. The Hall–Kier alpha value is -1.01. The molecule has 0 aromatic heterocycles. The van der Waals surface area contributed by atoms with Crippen LogP contribution in [0.25, 0.3) is 5.73 Å². The maximum Gasteiger partial charge on any atom is 0.323 e. The Morgan fingerprint density at radius 1 is 1.17 bits per heavy atom. The zero-order valence-electron chi connectivity index (χ0n) is 19.4. The fourth-order valence-corrected chi connectivity index (χ4v) is 3.14. The van der Waals surface area contributed by atoms with Crippen LogP contribution in [0.4, 0.5) is 0 Å². The molecule has 1 saturated heterocycles. The second-order valence-corrected chi connectivity index (χ2v) is 8.44. The number of carbonyl (C=O) groups is 3. The third-order valence-corrected chi connectivity index (χ3v) is 4.78. The number of piperazine rings is 1. The molecule has 2 amide bonds. The molecule has 180 valence electrons. The Labute approximate surface area is 196 Å². The Kier molecular flexibility index (Phi) is 18.3. The molecule has 2 atom stereocenters. The normalized spacial score (nSPS) is 17.0. The van der Waals surface area contributed by atoms with Crippen molar-refractivity contribution in [2.75, 3.05) is 33.8 Å². The predicted octanol–water partition coefficient (Wildman–Crippen LogP) is 2.37. The summed E-state index contributed by atoms with van der Waals surface area (Å²) < 4.78 is 4.74. The zero-order valence-corrected chi connectivity index (χ0v) is 20.9. The summed E-state index contributed by atoms with van der Waals surface area (Å²) >= 11 is 0. The summed E-state index contributed by atoms with van der Waals surface area (Å²) in [5, 5.41) is 6.02. The maximum absolute atomic E-state index is 11.6. The SMILES string of the molecule is CC(C)C[C@@H]1NCCNC1=O.COC(=O)C(CCC([NH-])=O)N(C)CCCC(C)C.[Pd]. The summed E-state index contributed by atoms with van der Waals surface area (Å²) in [5.74, 6) is 0.411. The van der Waals surface area contributed by atoms with E-state index in [4.69, 9.17) is 10.5 Å². The van der Waals surface area contributed by atoms with Gasteiger partial charge in [-0.05, 0) is 57.5 Å². The fourth-order valence-electron chi connectivity index (χ4n) is 3.14. The van der Waals surface area contributed by atoms with Crippen molar-refractivity contribution in [3.63, 3.8) is 0 Å². The van der Waals surface area contributed by atoms with Gasteiger partial charge in [0.15, 0.2) is 0 Å². The first kappa shape index (κ1) is 31.2. The predicted molar refractivity (Wildman–Crippen MR) is 115 cm³/mol. The number of ether oxygens (including phenoxy) is 1. The smallest absolute Gasteiger partial charge is 0.323 e. The number of carbonyl (C=O) groups excluding carboxylic acids is 3. The molecule has 1 aliphatic rings. The Bertz CT molecular complexity index is 503. The fraction of sp³-hybridized carbons (Fsp3) is 0.857. The summed E-state index contributed by atoms with van der Waals surface area (Å²) in [5.41, 5.74) is 6.89. The molecule has 0 saturated carbocycles. The molecule has 30 heavy (non-hydrogen) atoms. The first-order valence-corrected chi connectivity index (χ1v) is 10.6. The number of esters is 1. The van der Waals surface area contributed by atoms with Gasteiger partial charge < -0.3 is 25.9 Å². The van der Waals surface area contributed by atoms with Gasteiger partial charge in [0.2, 0.25) is 5.91 Å². The van der Waals surface area contributed by atoms with Gasteiger partial charge in [0.1, 0.15) is 6.04 Å². The molecular formula is C21H41N4O4Pd-. The molecule has 0 aliphatic carbocycles. The molecule has 8 nitrogen and oxygen atoms in total. The number of methoxy groups -OCH3 is 1. The second kappa shape index (κ2) is 17.7. The maximum atomic E-state index is 11.6. The van der Waals surface area contributed by atoms with Gasteiger partial charge in [0.05, 0.1) is 13.2 Å². The van der Waals surface area contributed by atoms with Crippen LogP contribution in [0, 0.1) is 11.8 Å². The van der Waals surface area contributed by atoms with E-state index >= 15 is 0 Å². The molecule has 1 aliphatic heterocycles. The average Bonchev–Trinajstić information content (AvgIpc) is 2.63. The minimum Gasteiger partial charge on any atom is -0.668 e. The number of nitrogens with zero attached hydrogens (tertiary/aromatic N) is 1. The molecule has 9 heteroatoms. The van der Waals surface area contributed by atoms with E-state index in [9.17, 15) is 14.4 Å². The van der Waals surface area contributed by atoms with E-state index in [2.05, 4.69) is 38.3 Å². The van der Waals surface area contributed by atoms with E-state index in [0.717, 1.165) is 38.9 Å². The van der Waals surface area contributed by atoms with E-state index in [1.807, 2.05) is 11.9 Å². The van der Waals surface area contributed by atoms with Crippen molar-refractivity contribution in [3.05, 3.63) is 5.73 Å². The van der Waals surface area contributed by atoms with Crippen LogP contribution in [0.15, 0.2) is 0 Å². The van der Waals surface area contributed by atoms with Crippen LogP contribution >= 0.6 is 0 Å². The van der Waals surface area contributed by atoms with Gasteiger partial charge >= 0.3 is 5.97 Å². The summed E-state index contributed by atoms with van der Waals surface area (Å²) in [7, 11) is 3.20. The van der Waals surface area contributed by atoms with Gasteiger partial charge in [-0.1, -0.05) is 27.7 Å². The minimum absolute atomic E-state index is 0. The molecule has 0 bridgehead atoms. The summed E-state index contributed by atoms with van der Waals surface area (Å²) in [6.45, 7) is 11.1. The van der Waals surface area contributed by atoms with Gasteiger partial charge in [-0.3, -0.25) is 14.5 Å². The third kappa shape index (κ3) is 14.9. The van der Waals surface area contributed by atoms with Crippen molar-refractivity contribution in [2.24, 2.45) is 11.8 Å². The van der Waals surface area contributed by atoms with Crippen molar-refractivity contribution in [2.45, 2.75) is 71.9 Å². The largest absolute Gasteiger partial charge is 0.668 e. The number of hydrogen-bond acceptors (Lipinski definition) is 6. The standard InChI is InChI=1S/C13H26N2O3.C8H16N2O.Pd/c1-10(2)6-5-9-15(3)11(13(17)18-4)7-8-12(14)16;1-6(2)5-7-8(11)10-4-3-9-7;/h10-11H,5-9H2,1-4H3,(H2,14,16);6-7,9H,3-5H2,1-2H3,(H,10,11);/p-1/t;7-;/m.0./s1. The van der Waals surface area contributed by atoms with Crippen LogP contribution in [0.5, 0.6) is 0 Å². The first-order chi connectivity index (χ1) is 13.6. The van der Waals surface area contributed by atoms with Gasteiger partial charge in [0, 0.05) is 39.4 Å². The van der Waals surface area contributed by atoms with Crippen LogP contribution in [0.3, 0.4) is 0 Å². The van der Waals surface area contributed by atoms with Crippen molar-refractivity contribution in [1.82, 2.24) is 15.5 Å². The molecule has 0 radical (unpaired) electrons. The molecule has 0 spiro atoms. The Balaban J connectivity index is 0. The average molecular weight is 520 g/mol. The summed E-state index contributed by atoms with van der Waals surface area (Å²) in [6.07, 6.45) is 3.50. The van der Waals surface area contributed by atoms with Crippen LogP contribution in [0.1, 0.15) is 59.8 Å². The van der Waals surface area contributed by atoms with Crippen molar-refractivity contribution in [1.29, 1.82) is 0 Å². The number of nitrogens with one attached hydrogen (secondary N) is 3. The molecule has 3 N–H and O–H groups in total. The monoisotopic (exact) mass is 519 g/mol. The molecule has 1 unspecified atom stereocenters. The van der Waals surface area contributed by atoms with E-state index in [0.29, 0.717) is 18.3 Å². The Morgan fingerprint density at radius 3 is 2.27 bits per heavy atom. The Morgan fingerprint density at radius 2 is 1.80 bits per heavy atom. The third-order valence-electron chi connectivity index (χ3n) is 4.78. The first-order valence-electron chi connectivity index (χ1n) is 10.6. The second-order valence-electron chi connectivity index (χ2n) is 8.44. The van der Waals surface area contributed by atoms with Crippen LogP contribution in [0.2, 0.25) is 0 Å². The van der Waals surface area contributed by atoms with Gasteiger partial charge in [-0.2, -0.15) is 0 Å². The number of hydrogen-bond donors (Lipinski definition) is 2. The van der Waals surface area contributed by atoms with Gasteiger partial charge in [-0.25, -0.2) is 0 Å². The molecule has 1 rings (SSSR count). The summed E-state index contributed by atoms with van der Waals surface area (Å²) in [4.78, 5) is 35.4. The zero-order chi connectivity index (χ0) is 22.4. The van der Waals surface area contributed by atoms with Crippen molar-refractivity contribution >= 4 is 17.8 Å². The number of amides is 2. The molecular weight excluding hydrogens is 479 g/mol. The van der Waals surface area contributed by atoms with Gasteiger partial charge in [-0.15, -0.1) is 0 Å². The quantitative estimate of drug-likeness (QED) is 0.320. The molecule has 1 heterocycles. The molecule has 0 aromatic carbocycles. The van der Waals surface area contributed by atoms with Gasteiger partial charge in [0.25, 0.3) is 0 Å². The van der Waals surface area contributed by atoms with E-state index in [1.54, 1.807) is 0 Å². The summed E-state index contributed by atoms with van der Waals surface area (Å²) in [6, 6.07) is -0.375. The molecule has 0 aromatic rings. The van der Waals surface area contributed by atoms with Crippen LogP contribution in [-0.4, -0.2) is 68.6 Å². The van der Waals surface area contributed by atoms with Crippen LogP contribution in [-0.2, 0) is 39.5 Å². The van der Waals surface area contributed by atoms with Crippen molar-refractivity contribution in [3.8, 4) is 0 Å². The van der Waals surface area contributed by atoms with E-state index < -0.39 is 11.9 Å². The van der Waals surface area contributed by atoms with Crippen molar-refractivity contribution < 1.29 is 39.5 Å².